The third-order valence-electron chi connectivity index (χ3n) is 3.35. The lowest BCUT2D eigenvalue weighted by Crippen LogP contribution is -2.38. The number of hydrogen-bond acceptors (Lipinski definition) is 4. The number of carboxylic acid groups (broad SMARTS) is 1. The fraction of sp³-hybridized carbons (Fsp3) is 0.846. The van der Waals surface area contributed by atoms with Gasteiger partial charge < -0.3 is 19.5 Å². The van der Waals surface area contributed by atoms with E-state index in [4.69, 9.17) is 14.6 Å². The standard InChI is InChI=1S/C13H23NO5/c1-18-9-6-14(10-13(16)17)12(15)3-2-11-4-7-19-8-5-11/h11H,2-10H2,1H3,(H,16,17). The molecule has 0 atom stereocenters. The summed E-state index contributed by atoms with van der Waals surface area (Å²) in [6.45, 7) is 1.96. The van der Waals surface area contributed by atoms with E-state index in [0.29, 0.717) is 25.5 Å². The minimum atomic E-state index is -0.990. The third kappa shape index (κ3) is 6.54. The summed E-state index contributed by atoms with van der Waals surface area (Å²) in [5.74, 6) is -0.576. The molecule has 0 bridgehead atoms. The molecule has 1 N–H and O–H groups in total. The van der Waals surface area contributed by atoms with E-state index in [-0.39, 0.29) is 12.5 Å². The molecule has 1 fully saturated rings. The predicted octanol–water partition coefficient (Wildman–Crippen LogP) is 0.753. The van der Waals surface area contributed by atoms with Gasteiger partial charge in [-0.05, 0) is 25.2 Å². The molecule has 0 radical (unpaired) electrons. The van der Waals surface area contributed by atoms with Crippen molar-refractivity contribution < 1.29 is 24.2 Å². The van der Waals surface area contributed by atoms with Crippen LogP contribution in [0.3, 0.4) is 0 Å². The van der Waals surface area contributed by atoms with E-state index in [2.05, 4.69) is 0 Å². The number of ether oxygens (including phenoxy) is 2. The highest BCUT2D eigenvalue weighted by Crippen LogP contribution is 2.20. The zero-order valence-corrected chi connectivity index (χ0v) is 11.5. The van der Waals surface area contributed by atoms with Crippen LogP contribution < -0.4 is 0 Å². The van der Waals surface area contributed by atoms with E-state index >= 15 is 0 Å². The second-order valence-corrected chi connectivity index (χ2v) is 4.80. The summed E-state index contributed by atoms with van der Waals surface area (Å²) in [7, 11) is 1.53. The van der Waals surface area contributed by atoms with Crippen LogP contribution in [0.2, 0.25) is 0 Å². The van der Waals surface area contributed by atoms with E-state index in [1.807, 2.05) is 0 Å². The van der Waals surface area contributed by atoms with Gasteiger partial charge in [-0.15, -0.1) is 0 Å². The Kier molecular flexibility index (Phi) is 7.43. The van der Waals surface area contributed by atoms with Crippen molar-refractivity contribution in [2.45, 2.75) is 25.7 Å². The predicted molar refractivity (Wildman–Crippen MR) is 68.9 cm³/mol. The highest BCUT2D eigenvalue weighted by molar-refractivity contribution is 5.81. The second kappa shape index (κ2) is 8.87. The van der Waals surface area contributed by atoms with Gasteiger partial charge in [0.05, 0.1) is 6.61 Å². The average Bonchev–Trinajstić information content (AvgIpc) is 2.41. The van der Waals surface area contributed by atoms with Gasteiger partial charge in [-0.1, -0.05) is 0 Å². The van der Waals surface area contributed by atoms with Crippen molar-refractivity contribution in [3.8, 4) is 0 Å². The maximum atomic E-state index is 12.0. The maximum absolute atomic E-state index is 12.0. The van der Waals surface area contributed by atoms with Crippen molar-refractivity contribution in [2.75, 3.05) is 40.0 Å². The molecule has 0 aliphatic carbocycles. The van der Waals surface area contributed by atoms with Gasteiger partial charge >= 0.3 is 5.97 Å². The molecular weight excluding hydrogens is 250 g/mol. The van der Waals surface area contributed by atoms with Gasteiger partial charge in [-0.25, -0.2) is 0 Å². The quantitative estimate of drug-likeness (QED) is 0.706. The molecule has 0 spiro atoms. The normalized spacial score (nSPS) is 16.3. The van der Waals surface area contributed by atoms with Gasteiger partial charge in [-0.2, -0.15) is 0 Å². The Morgan fingerprint density at radius 2 is 2.05 bits per heavy atom. The lowest BCUT2D eigenvalue weighted by Gasteiger charge is -2.24. The monoisotopic (exact) mass is 273 g/mol. The fourth-order valence-electron chi connectivity index (χ4n) is 2.18. The number of rotatable bonds is 8. The average molecular weight is 273 g/mol. The molecular formula is C13H23NO5. The third-order valence-corrected chi connectivity index (χ3v) is 3.35. The van der Waals surface area contributed by atoms with E-state index < -0.39 is 5.97 Å². The van der Waals surface area contributed by atoms with Crippen LogP contribution in [0.5, 0.6) is 0 Å². The summed E-state index contributed by atoms with van der Waals surface area (Å²) in [6, 6.07) is 0. The molecule has 0 aromatic rings. The summed E-state index contributed by atoms with van der Waals surface area (Å²) in [5, 5.41) is 8.80. The first-order chi connectivity index (χ1) is 9.13. The largest absolute Gasteiger partial charge is 0.480 e. The van der Waals surface area contributed by atoms with E-state index in [1.165, 1.54) is 12.0 Å². The summed E-state index contributed by atoms with van der Waals surface area (Å²) < 4.78 is 10.2. The van der Waals surface area contributed by atoms with E-state index in [0.717, 1.165) is 32.5 Å². The Hall–Kier alpha value is -1.14. The van der Waals surface area contributed by atoms with Crippen LogP contribution in [0.1, 0.15) is 25.7 Å². The zero-order valence-electron chi connectivity index (χ0n) is 11.5. The van der Waals surface area contributed by atoms with Crippen molar-refractivity contribution in [1.82, 2.24) is 4.90 Å². The number of aliphatic carboxylic acids is 1. The summed E-state index contributed by atoms with van der Waals surface area (Å²) in [6.07, 6.45) is 3.20. The number of carbonyl (C=O) groups excluding carboxylic acids is 1. The molecule has 1 saturated heterocycles. The highest BCUT2D eigenvalue weighted by Gasteiger charge is 2.19. The Morgan fingerprint density at radius 1 is 1.37 bits per heavy atom. The lowest BCUT2D eigenvalue weighted by atomic mass is 9.95. The molecule has 1 aliphatic heterocycles. The molecule has 1 amide bonds. The molecule has 0 aromatic carbocycles. The highest BCUT2D eigenvalue weighted by atomic mass is 16.5. The SMILES string of the molecule is COCCN(CC(=O)O)C(=O)CCC1CCOCC1. The van der Waals surface area contributed by atoms with Gasteiger partial charge in [0.25, 0.3) is 0 Å². The van der Waals surface area contributed by atoms with Crippen LogP contribution in [0.25, 0.3) is 0 Å². The number of carbonyl (C=O) groups is 2. The van der Waals surface area contributed by atoms with Gasteiger partial charge in [-0.3, -0.25) is 9.59 Å². The van der Waals surface area contributed by atoms with E-state index in [9.17, 15) is 9.59 Å². The number of hydrogen-bond donors (Lipinski definition) is 1. The first-order valence-electron chi connectivity index (χ1n) is 6.69. The lowest BCUT2D eigenvalue weighted by molar-refractivity contribution is -0.145. The van der Waals surface area contributed by atoms with Crippen molar-refractivity contribution in [1.29, 1.82) is 0 Å². The molecule has 1 aliphatic rings. The molecule has 6 heteroatoms. The first kappa shape index (κ1) is 15.9. The van der Waals surface area contributed by atoms with Gasteiger partial charge in [0.1, 0.15) is 6.54 Å². The van der Waals surface area contributed by atoms with Gasteiger partial charge in [0, 0.05) is 33.3 Å². The second-order valence-electron chi connectivity index (χ2n) is 4.80. The van der Waals surface area contributed by atoms with Crippen LogP contribution in [0.15, 0.2) is 0 Å². The molecule has 6 nitrogen and oxygen atoms in total. The minimum Gasteiger partial charge on any atom is -0.480 e. The number of methoxy groups -OCH3 is 1. The van der Waals surface area contributed by atoms with Crippen LogP contribution >= 0.6 is 0 Å². The Labute approximate surface area is 113 Å². The molecule has 110 valence electrons. The zero-order chi connectivity index (χ0) is 14.1. The summed E-state index contributed by atoms with van der Waals surface area (Å²) in [5.41, 5.74) is 0. The molecule has 1 heterocycles. The Bertz CT molecular complexity index is 289. The topological polar surface area (TPSA) is 76.1 Å². The number of amides is 1. The van der Waals surface area contributed by atoms with Gasteiger partial charge in [0.2, 0.25) is 5.91 Å². The van der Waals surface area contributed by atoms with Crippen molar-refractivity contribution in [3.63, 3.8) is 0 Å². The van der Waals surface area contributed by atoms with Crippen molar-refractivity contribution in [2.24, 2.45) is 5.92 Å². The van der Waals surface area contributed by atoms with Crippen LogP contribution in [0, 0.1) is 5.92 Å². The smallest absolute Gasteiger partial charge is 0.323 e. The number of carboxylic acids is 1. The molecule has 0 unspecified atom stereocenters. The Morgan fingerprint density at radius 3 is 2.63 bits per heavy atom. The summed E-state index contributed by atoms with van der Waals surface area (Å²) >= 11 is 0. The fourth-order valence-corrected chi connectivity index (χ4v) is 2.18. The van der Waals surface area contributed by atoms with E-state index in [1.54, 1.807) is 0 Å². The minimum absolute atomic E-state index is 0.106. The summed E-state index contributed by atoms with van der Waals surface area (Å²) in [4.78, 5) is 24.1. The molecule has 0 aromatic heterocycles. The maximum Gasteiger partial charge on any atom is 0.323 e. The van der Waals surface area contributed by atoms with Gasteiger partial charge in [0.15, 0.2) is 0 Å². The molecule has 1 rings (SSSR count). The van der Waals surface area contributed by atoms with Crippen LogP contribution in [0.4, 0.5) is 0 Å². The molecule has 19 heavy (non-hydrogen) atoms. The van der Waals surface area contributed by atoms with Crippen molar-refractivity contribution in [3.05, 3.63) is 0 Å². The van der Waals surface area contributed by atoms with Crippen LogP contribution in [-0.2, 0) is 19.1 Å². The first-order valence-corrected chi connectivity index (χ1v) is 6.69. The van der Waals surface area contributed by atoms with Crippen molar-refractivity contribution >= 4 is 11.9 Å². The molecule has 0 saturated carbocycles. The number of nitrogens with zero attached hydrogens (tertiary/aromatic N) is 1. The Balaban J connectivity index is 2.34. The van der Waals surface area contributed by atoms with Crippen LogP contribution in [-0.4, -0.2) is 61.9 Å².